The van der Waals surface area contributed by atoms with Gasteiger partial charge in [-0.05, 0) is 29.8 Å². The van der Waals surface area contributed by atoms with Crippen LogP contribution in [-0.2, 0) is 11.2 Å². The Labute approximate surface area is 141 Å². The first-order chi connectivity index (χ1) is 11.1. The molecule has 0 spiro atoms. The fraction of sp³-hybridized carbons (Fsp3) is 0.0625. The zero-order valence-electron chi connectivity index (χ0n) is 11.9. The molecule has 1 aromatic carbocycles. The molecule has 23 heavy (non-hydrogen) atoms. The summed E-state index contributed by atoms with van der Waals surface area (Å²) in [5.41, 5.74) is 2.46. The normalized spacial score (nSPS) is 10.5. The summed E-state index contributed by atoms with van der Waals surface area (Å²) in [5, 5.41) is 14.8. The van der Waals surface area contributed by atoms with E-state index in [0.717, 1.165) is 16.8 Å². The van der Waals surface area contributed by atoms with E-state index in [0.29, 0.717) is 5.13 Å². The minimum absolute atomic E-state index is 0.00209. The van der Waals surface area contributed by atoms with Gasteiger partial charge in [0.1, 0.15) is 5.75 Å². The van der Waals surface area contributed by atoms with E-state index >= 15 is 0 Å². The molecule has 0 aliphatic rings. The molecule has 0 saturated heterocycles. The minimum Gasteiger partial charge on any atom is -0.506 e. The molecule has 0 aliphatic carbocycles. The predicted octanol–water partition coefficient (Wildman–Crippen LogP) is 3.75. The summed E-state index contributed by atoms with van der Waals surface area (Å²) in [6, 6.07) is 8.42. The van der Waals surface area contributed by atoms with Crippen molar-refractivity contribution in [2.75, 3.05) is 5.32 Å². The van der Waals surface area contributed by atoms with E-state index in [1.807, 2.05) is 17.5 Å². The largest absolute Gasteiger partial charge is 0.506 e. The van der Waals surface area contributed by atoms with Crippen LogP contribution in [0.15, 0.2) is 48.1 Å². The predicted molar refractivity (Wildman–Crippen MR) is 90.8 cm³/mol. The molecule has 5 nitrogen and oxygen atoms in total. The SMILES string of the molecule is O=C(Cc1ccc(O)c(Cl)c1)Nc1nc(-c2ccncc2)cs1. The average Bonchev–Trinajstić information content (AvgIpc) is 3.00. The van der Waals surface area contributed by atoms with Gasteiger partial charge in [0.2, 0.25) is 5.91 Å². The van der Waals surface area contributed by atoms with E-state index in [9.17, 15) is 9.90 Å². The van der Waals surface area contributed by atoms with Crippen molar-refractivity contribution in [2.45, 2.75) is 6.42 Å². The van der Waals surface area contributed by atoms with E-state index in [1.54, 1.807) is 24.5 Å². The molecule has 2 heterocycles. The fourth-order valence-electron chi connectivity index (χ4n) is 2.00. The second kappa shape index (κ2) is 6.76. The lowest BCUT2D eigenvalue weighted by Crippen LogP contribution is -2.14. The molecule has 3 rings (SSSR count). The van der Waals surface area contributed by atoms with Crippen molar-refractivity contribution in [3.05, 3.63) is 58.7 Å². The number of pyridine rings is 1. The fourth-order valence-corrected chi connectivity index (χ4v) is 2.93. The Bertz CT molecular complexity index is 836. The Hall–Kier alpha value is -2.44. The first-order valence-electron chi connectivity index (χ1n) is 6.75. The highest BCUT2D eigenvalue weighted by Gasteiger charge is 2.10. The zero-order valence-corrected chi connectivity index (χ0v) is 13.4. The van der Waals surface area contributed by atoms with Gasteiger partial charge in [-0.15, -0.1) is 11.3 Å². The first-order valence-corrected chi connectivity index (χ1v) is 8.01. The van der Waals surface area contributed by atoms with Crippen molar-refractivity contribution in [2.24, 2.45) is 0 Å². The number of benzene rings is 1. The van der Waals surface area contributed by atoms with Gasteiger partial charge in [-0.3, -0.25) is 9.78 Å². The number of aromatic hydroxyl groups is 1. The molecule has 0 unspecified atom stereocenters. The smallest absolute Gasteiger partial charge is 0.230 e. The van der Waals surface area contributed by atoms with Crippen LogP contribution in [0.4, 0.5) is 5.13 Å². The number of carbonyl (C=O) groups is 1. The lowest BCUT2D eigenvalue weighted by Gasteiger charge is -2.03. The number of phenolic OH excluding ortho intramolecular Hbond substituents is 1. The van der Waals surface area contributed by atoms with Gasteiger partial charge < -0.3 is 10.4 Å². The number of nitrogens with one attached hydrogen (secondary N) is 1. The van der Waals surface area contributed by atoms with E-state index in [1.165, 1.54) is 17.4 Å². The number of aromatic nitrogens is 2. The molecule has 0 saturated carbocycles. The summed E-state index contributed by atoms with van der Waals surface area (Å²) in [4.78, 5) is 20.4. The Balaban J connectivity index is 1.66. The third-order valence-corrected chi connectivity index (χ3v) is 4.16. The monoisotopic (exact) mass is 345 g/mol. The second-order valence-corrected chi connectivity index (χ2v) is 6.05. The van der Waals surface area contributed by atoms with Crippen LogP contribution in [0, 0.1) is 0 Å². The standard InChI is InChI=1S/C16H12ClN3O2S/c17-12-7-10(1-2-14(12)21)8-15(22)20-16-19-13(9-23-16)11-3-5-18-6-4-11/h1-7,9,21H,8H2,(H,19,20,22). The molecular formula is C16H12ClN3O2S. The van der Waals surface area contributed by atoms with E-state index in [4.69, 9.17) is 11.6 Å². The Kier molecular flexibility index (Phi) is 4.55. The van der Waals surface area contributed by atoms with Crippen molar-refractivity contribution in [3.8, 4) is 17.0 Å². The number of thiazole rings is 1. The minimum atomic E-state index is -0.192. The maximum atomic E-state index is 12.1. The van der Waals surface area contributed by atoms with Gasteiger partial charge >= 0.3 is 0 Å². The highest BCUT2D eigenvalue weighted by Crippen LogP contribution is 2.25. The molecule has 3 aromatic rings. The molecular weight excluding hydrogens is 334 g/mol. The zero-order chi connectivity index (χ0) is 16.2. The molecule has 0 radical (unpaired) electrons. The van der Waals surface area contributed by atoms with Crippen LogP contribution in [0.5, 0.6) is 5.75 Å². The van der Waals surface area contributed by atoms with Crippen LogP contribution in [0.3, 0.4) is 0 Å². The number of rotatable bonds is 4. The summed E-state index contributed by atoms with van der Waals surface area (Å²) in [7, 11) is 0. The van der Waals surface area contributed by atoms with E-state index in [2.05, 4.69) is 15.3 Å². The van der Waals surface area contributed by atoms with Crippen molar-refractivity contribution in [1.82, 2.24) is 9.97 Å². The molecule has 116 valence electrons. The van der Waals surface area contributed by atoms with Gasteiger partial charge in [0.25, 0.3) is 0 Å². The van der Waals surface area contributed by atoms with Gasteiger partial charge in [0.15, 0.2) is 5.13 Å². The lowest BCUT2D eigenvalue weighted by atomic mass is 10.1. The van der Waals surface area contributed by atoms with Crippen LogP contribution in [-0.4, -0.2) is 21.0 Å². The highest BCUT2D eigenvalue weighted by molar-refractivity contribution is 7.14. The Morgan fingerprint density at radius 2 is 2.04 bits per heavy atom. The maximum absolute atomic E-state index is 12.1. The van der Waals surface area contributed by atoms with Gasteiger partial charge in [0.05, 0.1) is 17.1 Å². The molecule has 0 atom stereocenters. The van der Waals surface area contributed by atoms with Gasteiger partial charge in [-0.2, -0.15) is 0 Å². The number of anilines is 1. The summed E-state index contributed by atoms with van der Waals surface area (Å²) in [6.45, 7) is 0. The third kappa shape index (κ3) is 3.85. The number of halogens is 1. The van der Waals surface area contributed by atoms with Crippen molar-refractivity contribution in [3.63, 3.8) is 0 Å². The molecule has 1 amide bonds. The Morgan fingerprint density at radius 3 is 2.78 bits per heavy atom. The van der Waals surface area contributed by atoms with Gasteiger partial charge in [0, 0.05) is 23.3 Å². The van der Waals surface area contributed by atoms with Crippen molar-refractivity contribution in [1.29, 1.82) is 0 Å². The van der Waals surface area contributed by atoms with Crippen LogP contribution < -0.4 is 5.32 Å². The number of nitrogens with zero attached hydrogens (tertiary/aromatic N) is 2. The van der Waals surface area contributed by atoms with Crippen LogP contribution in [0.1, 0.15) is 5.56 Å². The van der Waals surface area contributed by atoms with Crippen LogP contribution in [0.2, 0.25) is 5.02 Å². The number of carbonyl (C=O) groups excluding carboxylic acids is 1. The van der Waals surface area contributed by atoms with Crippen molar-refractivity contribution >= 4 is 34.0 Å². The highest BCUT2D eigenvalue weighted by atomic mass is 35.5. The lowest BCUT2D eigenvalue weighted by molar-refractivity contribution is -0.115. The third-order valence-electron chi connectivity index (χ3n) is 3.10. The second-order valence-electron chi connectivity index (χ2n) is 4.78. The number of amides is 1. The number of hydrogen-bond acceptors (Lipinski definition) is 5. The number of phenols is 1. The molecule has 0 aliphatic heterocycles. The molecule has 0 bridgehead atoms. The topological polar surface area (TPSA) is 75.1 Å². The first kappa shape index (κ1) is 15.5. The quantitative estimate of drug-likeness (QED) is 0.755. The van der Waals surface area contributed by atoms with E-state index < -0.39 is 0 Å². The summed E-state index contributed by atoms with van der Waals surface area (Å²) in [6.07, 6.45) is 3.55. The summed E-state index contributed by atoms with van der Waals surface area (Å²) < 4.78 is 0. The maximum Gasteiger partial charge on any atom is 0.230 e. The molecule has 7 heteroatoms. The van der Waals surface area contributed by atoms with E-state index in [-0.39, 0.29) is 23.1 Å². The van der Waals surface area contributed by atoms with Crippen molar-refractivity contribution < 1.29 is 9.90 Å². The molecule has 2 aromatic heterocycles. The Morgan fingerprint density at radius 1 is 1.26 bits per heavy atom. The summed E-state index contributed by atoms with van der Waals surface area (Å²) in [5.74, 6) is -0.194. The molecule has 0 fully saturated rings. The van der Waals surface area contributed by atoms with Gasteiger partial charge in [-0.25, -0.2) is 4.98 Å². The van der Waals surface area contributed by atoms with Crippen LogP contribution >= 0.6 is 22.9 Å². The molecule has 2 N–H and O–H groups in total. The number of hydrogen-bond donors (Lipinski definition) is 2. The summed E-state index contributed by atoms with van der Waals surface area (Å²) >= 11 is 7.19. The van der Waals surface area contributed by atoms with Gasteiger partial charge in [-0.1, -0.05) is 17.7 Å². The van der Waals surface area contributed by atoms with Crippen LogP contribution in [0.25, 0.3) is 11.3 Å². The average molecular weight is 346 g/mol.